The van der Waals surface area contributed by atoms with E-state index in [1.54, 1.807) is 0 Å². The van der Waals surface area contributed by atoms with Crippen LogP contribution in [0.5, 0.6) is 0 Å². The first kappa shape index (κ1) is 9.11. The Bertz CT molecular complexity index is 253. The minimum Gasteiger partial charge on any atom is -0.140 e. The first-order valence-corrected chi connectivity index (χ1v) is 7.98. The molecule has 0 aromatic heterocycles. The van der Waals surface area contributed by atoms with Crippen molar-refractivity contribution in [1.82, 2.24) is 0 Å². The van der Waals surface area contributed by atoms with Crippen molar-refractivity contribution in [3.63, 3.8) is 0 Å². The first-order valence-electron chi connectivity index (χ1n) is 3.46. The van der Waals surface area contributed by atoms with Crippen LogP contribution in [0.3, 0.4) is 0 Å². The van der Waals surface area contributed by atoms with Crippen LogP contribution in [0.4, 0.5) is 0 Å². The number of benzene rings is 1. The Morgan fingerprint density at radius 2 is 1.73 bits per heavy atom. The molecule has 0 nitrogen and oxygen atoms in total. The molecule has 0 radical (unpaired) electrons. The van der Waals surface area contributed by atoms with Crippen LogP contribution in [0.25, 0.3) is 0 Å². The van der Waals surface area contributed by atoms with Gasteiger partial charge in [0.05, 0.1) is 0 Å². The zero-order valence-electron chi connectivity index (χ0n) is 6.57. The number of hydrogen-bond donors (Lipinski definition) is 0. The number of hydrogen-bond acceptors (Lipinski definition) is 0. The lowest BCUT2D eigenvalue weighted by Crippen LogP contribution is -2.34. The standard InChI is InChI=1S/C8H10Cl2Si/c1-7-5-3-4-6-8(7)11(2,9)10/h3-6H,1-2H3. The minimum atomic E-state index is -2.13. The van der Waals surface area contributed by atoms with Gasteiger partial charge in [0.15, 0.2) is 0 Å². The van der Waals surface area contributed by atoms with Gasteiger partial charge in [-0.05, 0) is 24.2 Å². The summed E-state index contributed by atoms with van der Waals surface area (Å²) in [5.41, 5.74) is 1.19. The largest absolute Gasteiger partial charge is 0.278 e. The minimum absolute atomic E-state index is 1.11. The summed E-state index contributed by atoms with van der Waals surface area (Å²) in [5, 5.41) is 1.11. The zero-order chi connectivity index (χ0) is 8.48. The second kappa shape index (κ2) is 3.17. The second-order valence-electron chi connectivity index (χ2n) is 2.70. The monoisotopic (exact) mass is 204 g/mol. The molecule has 0 N–H and O–H groups in total. The van der Waals surface area contributed by atoms with Crippen LogP contribution < -0.4 is 5.19 Å². The van der Waals surface area contributed by atoms with Gasteiger partial charge in [-0.25, -0.2) is 0 Å². The lowest BCUT2D eigenvalue weighted by molar-refractivity contribution is 1.51. The highest BCUT2D eigenvalue weighted by Gasteiger charge is 2.24. The Morgan fingerprint density at radius 3 is 2.09 bits per heavy atom. The van der Waals surface area contributed by atoms with Crippen LogP contribution in [0.2, 0.25) is 6.55 Å². The van der Waals surface area contributed by atoms with E-state index < -0.39 is 6.69 Å². The van der Waals surface area contributed by atoms with E-state index in [0.717, 1.165) is 5.19 Å². The quantitative estimate of drug-likeness (QED) is 0.488. The summed E-state index contributed by atoms with van der Waals surface area (Å²) in [6.45, 7) is 1.81. The van der Waals surface area contributed by atoms with E-state index >= 15 is 0 Å². The predicted molar refractivity (Wildman–Crippen MR) is 54.1 cm³/mol. The Morgan fingerprint density at radius 1 is 1.18 bits per heavy atom. The Hall–Kier alpha value is 0.0169. The third-order valence-electron chi connectivity index (χ3n) is 1.62. The molecule has 0 aliphatic heterocycles. The molecular formula is C8H10Cl2Si. The molecule has 3 heteroatoms. The lowest BCUT2D eigenvalue weighted by atomic mass is 10.2. The number of aryl methyl sites for hydroxylation is 1. The smallest absolute Gasteiger partial charge is 0.140 e. The molecule has 0 fully saturated rings. The Kier molecular flexibility index (Phi) is 2.63. The summed E-state index contributed by atoms with van der Waals surface area (Å²) in [6, 6.07) is 8.00. The molecule has 0 saturated carbocycles. The predicted octanol–water partition coefficient (Wildman–Crippen LogP) is 2.75. The third kappa shape index (κ3) is 2.22. The summed E-state index contributed by atoms with van der Waals surface area (Å²) < 4.78 is 0. The average Bonchev–Trinajstić information content (AvgIpc) is 1.86. The van der Waals surface area contributed by atoms with Crippen molar-refractivity contribution in [2.45, 2.75) is 13.5 Å². The summed E-state index contributed by atoms with van der Waals surface area (Å²) in [4.78, 5) is 0. The van der Waals surface area contributed by atoms with Crippen LogP contribution in [-0.4, -0.2) is 6.69 Å². The van der Waals surface area contributed by atoms with Crippen LogP contribution in [0.1, 0.15) is 5.56 Å². The molecule has 1 aromatic carbocycles. The molecule has 0 atom stereocenters. The van der Waals surface area contributed by atoms with Gasteiger partial charge < -0.3 is 0 Å². The van der Waals surface area contributed by atoms with Gasteiger partial charge in [0, 0.05) is 0 Å². The number of halogens is 2. The van der Waals surface area contributed by atoms with Crippen molar-refractivity contribution >= 4 is 34.0 Å². The fourth-order valence-corrected chi connectivity index (χ4v) is 3.50. The first-order chi connectivity index (χ1) is 5.02. The molecule has 60 valence electrons. The maximum absolute atomic E-state index is 6.07. The lowest BCUT2D eigenvalue weighted by Gasteiger charge is -2.12. The molecular weight excluding hydrogens is 195 g/mol. The molecule has 1 rings (SSSR count). The number of rotatable bonds is 1. The van der Waals surface area contributed by atoms with Crippen molar-refractivity contribution in [3.8, 4) is 0 Å². The molecule has 0 heterocycles. The topological polar surface area (TPSA) is 0 Å². The fraction of sp³-hybridized carbons (Fsp3) is 0.250. The van der Waals surface area contributed by atoms with E-state index in [0.29, 0.717) is 0 Å². The van der Waals surface area contributed by atoms with Gasteiger partial charge in [-0.1, -0.05) is 24.3 Å². The maximum atomic E-state index is 6.07. The molecule has 0 spiro atoms. The highest BCUT2D eigenvalue weighted by molar-refractivity contribution is 7.50. The van der Waals surface area contributed by atoms with Crippen molar-refractivity contribution in [2.75, 3.05) is 0 Å². The highest BCUT2D eigenvalue weighted by atomic mass is 35.7. The van der Waals surface area contributed by atoms with Crippen LogP contribution in [0.15, 0.2) is 24.3 Å². The van der Waals surface area contributed by atoms with Crippen molar-refractivity contribution in [1.29, 1.82) is 0 Å². The highest BCUT2D eigenvalue weighted by Crippen LogP contribution is 2.15. The van der Waals surface area contributed by atoms with Gasteiger partial charge in [-0.2, -0.15) is 0 Å². The molecule has 0 bridgehead atoms. The van der Waals surface area contributed by atoms with Gasteiger partial charge in [-0.3, -0.25) is 0 Å². The molecule has 0 aliphatic rings. The van der Waals surface area contributed by atoms with Crippen molar-refractivity contribution < 1.29 is 0 Å². The van der Waals surface area contributed by atoms with E-state index in [-0.39, 0.29) is 0 Å². The summed E-state index contributed by atoms with van der Waals surface area (Å²) in [6.07, 6.45) is 0. The SMILES string of the molecule is Cc1ccccc1[Si](C)(Cl)Cl. The van der Waals surface area contributed by atoms with E-state index in [4.69, 9.17) is 22.2 Å². The molecule has 0 amide bonds. The van der Waals surface area contributed by atoms with Crippen LogP contribution in [-0.2, 0) is 0 Å². The molecule has 11 heavy (non-hydrogen) atoms. The maximum Gasteiger partial charge on any atom is 0.278 e. The molecule has 0 unspecified atom stereocenters. The van der Waals surface area contributed by atoms with Crippen LogP contribution in [0, 0.1) is 6.92 Å². The van der Waals surface area contributed by atoms with Gasteiger partial charge in [0.1, 0.15) is 0 Å². The summed E-state index contributed by atoms with van der Waals surface area (Å²) >= 11 is 12.1. The van der Waals surface area contributed by atoms with E-state index in [2.05, 4.69) is 0 Å². The van der Waals surface area contributed by atoms with E-state index in [1.807, 2.05) is 37.7 Å². The molecule has 0 aliphatic carbocycles. The molecule has 0 saturated heterocycles. The Labute approximate surface area is 77.6 Å². The molecule has 1 aromatic rings. The van der Waals surface area contributed by atoms with E-state index in [1.165, 1.54) is 5.56 Å². The van der Waals surface area contributed by atoms with Crippen molar-refractivity contribution in [2.24, 2.45) is 0 Å². The summed E-state index contributed by atoms with van der Waals surface area (Å²) in [5.74, 6) is 0. The summed E-state index contributed by atoms with van der Waals surface area (Å²) in [7, 11) is 0. The Balaban J connectivity index is 3.14. The van der Waals surface area contributed by atoms with Gasteiger partial charge in [0.25, 0.3) is 6.69 Å². The average molecular weight is 205 g/mol. The van der Waals surface area contributed by atoms with Gasteiger partial charge >= 0.3 is 0 Å². The van der Waals surface area contributed by atoms with Crippen LogP contribution >= 0.6 is 22.2 Å². The van der Waals surface area contributed by atoms with Gasteiger partial charge in [-0.15, -0.1) is 22.2 Å². The fourth-order valence-electron chi connectivity index (χ4n) is 1.07. The van der Waals surface area contributed by atoms with Gasteiger partial charge in [0.2, 0.25) is 0 Å². The second-order valence-corrected chi connectivity index (χ2v) is 10.1. The third-order valence-corrected chi connectivity index (χ3v) is 4.35. The van der Waals surface area contributed by atoms with E-state index in [9.17, 15) is 0 Å². The van der Waals surface area contributed by atoms with Crippen molar-refractivity contribution in [3.05, 3.63) is 29.8 Å². The normalized spacial score (nSPS) is 11.6. The zero-order valence-corrected chi connectivity index (χ0v) is 9.08.